The van der Waals surface area contributed by atoms with Gasteiger partial charge in [0.05, 0.1) is 5.75 Å². The van der Waals surface area contributed by atoms with E-state index in [1.165, 1.54) is 16.0 Å². The van der Waals surface area contributed by atoms with Gasteiger partial charge in [-0.2, -0.15) is 0 Å². The molecule has 0 fully saturated rings. The molecule has 1 amide bonds. The largest absolute Gasteiger partial charge is 0.337 e. The van der Waals surface area contributed by atoms with Gasteiger partial charge < -0.3 is 4.90 Å². The van der Waals surface area contributed by atoms with Gasteiger partial charge in [0.1, 0.15) is 0 Å². The van der Waals surface area contributed by atoms with Crippen LogP contribution in [0.15, 0.2) is 23.1 Å². The van der Waals surface area contributed by atoms with Gasteiger partial charge >= 0.3 is 0 Å². The summed E-state index contributed by atoms with van der Waals surface area (Å²) in [6, 6.07) is 6.88. The van der Waals surface area contributed by atoms with Gasteiger partial charge in [-0.15, -0.1) is 11.8 Å². The number of thioether (sulfide) groups is 1. The summed E-state index contributed by atoms with van der Waals surface area (Å²) in [6.45, 7) is 12.5. The maximum Gasteiger partial charge on any atom is 0.233 e. The molecule has 0 spiro atoms. The number of hydrogen-bond donors (Lipinski definition) is 0. The molecule has 0 aromatic heterocycles. The lowest BCUT2D eigenvalue weighted by atomic mass is 10.2. The SMILES string of the molecule is Cc1ccc(SCC(=O)N(C(C)C)C(C)C)c(C)c1. The highest BCUT2D eigenvalue weighted by molar-refractivity contribution is 8.00. The molecule has 19 heavy (non-hydrogen) atoms. The van der Waals surface area contributed by atoms with Crippen molar-refractivity contribution in [2.75, 3.05) is 5.75 Å². The van der Waals surface area contributed by atoms with E-state index >= 15 is 0 Å². The van der Waals surface area contributed by atoms with Crippen molar-refractivity contribution in [2.24, 2.45) is 0 Å². The minimum Gasteiger partial charge on any atom is -0.337 e. The number of amides is 1. The molecule has 0 saturated carbocycles. The fraction of sp³-hybridized carbons (Fsp3) is 0.562. The Bertz CT molecular complexity index is 432. The van der Waals surface area contributed by atoms with Crippen LogP contribution in [0.4, 0.5) is 0 Å². The van der Waals surface area contributed by atoms with Gasteiger partial charge in [-0.05, 0) is 53.2 Å². The van der Waals surface area contributed by atoms with Crippen molar-refractivity contribution in [1.82, 2.24) is 4.90 Å². The van der Waals surface area contributed by atoms with E-state index in [1.807, 2.05) is 4.90 Å². The summed E-state index contributed by atoms with van der Waals surface area (Å²) in [5.41, 5.74) is 2.51. The monoisotopic (exact) mass is 279 g/mol. The molecule has 106 valence electrons. The molecule has 0 heterocycles. The number of rotatable bonds is 5. The highest BCUT2D eigenvalue weighted by Gasteiger charge is 2.20. The van der Waals surface area contributed by atoms with Crippen molar-refractivity contribution >= 4 is 17.7 Å². The highest BCUT2D eigenvalue weighted by atomic mass is 32.2. The fourth-order valence-corrected chi connectivity index (χ4v) is 3.23. The molecule has 0 aliphatic rings. The van der Waals surface area contributed by atoms with Crippen molar-refractivity contribution in [3.8, 4) is 0 Å². The van der Waals surface area contributed by atoms with Gasteiger partial charge in [-0.3, -0.25) is 4.79 Å². The number of benzene rings is 1. The molecule has 0 aliphatic carbocycles. The quantitative estimate of drug-likeness (QED) is 0.758. The molecular weight excluding hydrogens is 254 g/mol. The smallest absolute Gasteiger partial charge is 0.233 e. The first-order valence-electron chi connectivity index (χ1n) is 6.84. The second kappa shape index (κ2) is 6.99. The zero-order valence-electron chi connectivity index (χ0n) is 12.9. The summed E-state index contributed by atoms with van der Waals surface area (Å²) in [6.07, 6.45) is 0. The fourth-order valence-electron chi connectivity index (χ4n) is 2.35. The Balaban J connectivity index is 2.67. The third-order valence-electron chi connectivity index (χ3n) is 3.08. The van der Waals surface area contributed by atoms with Crippen molar-refractivity contribution < 1.29 is 4.79 Å². The lowest BCUT2D eigenvalue weighted by Gasteiger charge is -2.30. The maximum absolute atomic E-state index is 12.3. The second-order valence-corrected chi connectivity index (χ2v) is 6.56. The summed E-state index contributed by atoms with van der Waals surface area (Å²) in [5.74, 6) is 0.732. The zero-order valence-corrected chi connectivity index (χ0v) is 13.7. The van der Waals surface area contributed by atoms with E-state index in [9.17, 15) is 4.79 Å². The van der Waals surface area contributed by atoms with Crippen LogP contribution in [0, 0.1) is 13.8 Å². The van der Waals surface area contributed by atoms with Crippen LogP contribution in [0.1, 0.15) is 38.8 Å². The van der Waals surface area contributed by atoms with Gasteiger partial charge in [-0.1, -0.05) is 17.7 Å². The van der Waals surface area contributed by atoms with Crippen LogP contribution in [0.5, 0.6) is 0 Å². The average molecular weight is 279 g/mol. The molecule has 0 aliphatic heterocycles. The van der Waals surface area contributed by atoms with E-state index in [2.05, 4.69) is 59.7 Å². The Morgan fingerprint density at radius 1 is 1.16 bits per heavy atom. The van der Waals surface area contributed by atoms with Gasteiger partial charge in [0, 0.05) is 17.0 Å². The normalized spacial score (nSPS) is 11.2. The van der Waals surface area contributed by atoms with Gasteiger partial charge in [0.25, 0.3) is 0 Å². The van der Waals surface area contributed by atoms with E-state index in [-0.39, 0.29) is 18.0 Å². The number of aryl methyl sites for hydroxylation is 2. The Hall–Kier alpha value is -0.960. The van der Waals surface area contributed by atoms with Crippen molar-refractivity contribution in [1.29, 1.82) is 0 Å². The van der Waals surface area contributed by atoms with Crippen LogP contribution in [-0.4, -0.2) is 28.6 Å². The average Bonchev–Trinajstić information content (AvgIpc) is 2.26. The number of carbonyl (C=O) groups excluding carboxylic acids is 1. The predicted octanol–water partition coefficient (Wildman–Crippen LogP) is 4.04. The first-order chi connectivity index (χ1) is 8.82. The molecule has 0 N–H and O–H groups in total. The van der Waals surface area contributed by atoms with Crippen molar-refractivity contribution in [3.05, 3.63) is 29.3 Å². The molecule has 0 atom stereocenters. The highest BCUT2D eigenvalue weighted by Crippen LogP contribution is 2.24. The number of carbonyl (C=O) groups is 1. The maximum atomic E-state index is 12.3. The topological polar surface area (TPSA) is 20.3 Å². The van der Waals surface area contributed by atoms with Gasteiger partial charge in [0.15, 0.2) is 0 Å². The summed E-state index contributed by atoms with van der Waals surface area (Å²) >= 11 is 1.64. The van der Waals surface area contributed by atoms with Gasteiger partial charge in [0.2, 0.25) is 5.91 Å². The molecule has 0 saturated heterocycles. The summed E-state index contributed by atoms with van der Waals surface area (Å²) in [7, 11) is 0. The van der Waals surface area contributed by atoms with Crippen molar-refractivity contribution in [2.45, 2.75) is 58.5 Å². The lowest BCUT2D eigenvalue weighted by Crippen LogP contribution is -2.43. The molecular formula is C16H25NOS. The van der Waals surface area contributed by atoms with E-state index in [0.717, 1.165) is 0 Å². The minimum absolute atomic E-state index is 0.218. The molecule has 3 heteroatoms. The molecule has 0 bridgehead atoms. The Kier molecular flexibility index (Phi) is 5.92. The molecule has 0 radical (unpaired) electrons. The van der Waals surface area contributed by atoms with Crippen LogP contribution in [0.2, 0.25) is 0 Å². The number of nitrogens with zero attached hydrogens (tertiary/aromatic N) is 1. The Morgan fingerprint density at radius 3 is 2.21 bits per heavy atom. The number of hydrogen-bond acceptors (Lipinski definition) is 2. The standard InChI is InChI=1S/C16H25NOS/c1-11(2)17(12(3)4)16(18)10-19-15-8-7-13(5)9-14(15)6/h7-9,11-12H,10H2,1-6H3. The minimum atomic E-state index is 0.218. The molecule has 1 rings (SSSR count). The molecule has 1 aromatic rings. The van der Waals surface area contributed by atoms with E-state index in [1.54, 1.807) is 11.8 Å². The van der Waals surface area contributed by atoms with Crippen LogP contribution in [0.25, 0.3) is 0 Å². The zero-order chi connectivity index (χ0) is 14.6. The van der Waals surface area contributed by atoms with E-state index in [0.29, 0.717) is 5.75 Å². The molecule has 2 nitrogen and oxygen atoms in total. The third kappa shape index (κ3) is 4.57. The second-order valence-electron chi connectivity index (χ2n) is 5.55. The van der Waals surface area contributed by atoms with Crippen molar-refractivity contribution in [3.63, 3.8) is 0 Å². The first-order valence-corrected chi connectivity index (χ1v) is 7.82. The third-order valence-corrected chi connectivity index (χ3v) is 4.24. The molecule has 1 aromatic carbocycles. The summed E-state index contributed by atoms with van der Waals surface area (Å²) in [5, 5.41) is 0. The molecule has 0 unspecified atom stereocenters. The van der Waals surface area contributed by atoms with E-state index in [4.69, 9.17) is 0 Å². The summed E-state index contributed by atoms with van der Waals surface area (Å²) in [4.78, 5) is 15.4. The summed E-state index contributed by atoms with van der Waals surface area (Å²) < 4.78 is 0. The Morgan fingerprint density at radius 2 is 1.74 bits per heavy atom. The van der Waals surface area contributed by atoms with Gasteiger partial charge in [-0.25, -0.2) is 0 Å². The Labute approximate surface area is 121 Å². The van der Waals surface area contributed by atoms with Crippen LogP contribution in [0.3, 0.4) is 0 Å². The van der Waals surface area contributed by atoms with Crippen LogP contribution < -0.4 is 0 Å². The van der Waals surface area contributed by atoms with E-state index < -0.39 is 0 Å². The lowest BCUT2D eigenvalue weighted by molar-refractivity contribution is -0.131. The van der Waals surface area contributed by atoms with Crippen LogP contribution in [-0.2, 0) is 4.79 Å². The predicted molar refractivity (Wildman–Crippen MR) is 83.8 cm³/mol. The van der Waals surface area contributed by atoms with Crippen LogP contribution >= 0.6 is 11.8 Å². The first kappa shape index (κ1) is 16.1.